The highest BCUT2D eigenvalue weighted by atomic mass is 32.2. The van der Waals surface area contributed by atoms with Gasteiger partial charge in [0.2, 0.25) is 5.88 Å². The number of allylic oxidation sites excluding steroid dienone is 5. The van der Waals surface area contributed by atoms with Crippen molar-refractivity contribution in [3.8, 4) is 11.9 Å². The Bertz CT molecular complexity index is 2120. The number of aromatic nitrogens is 1. The number of hydrogen-bond donors (Lipinski definition) is 3. The smallest absolute Gasteiger partial charge is 0.313 e. The molecule has 334 valence electrons. The van der Waals surface area contributed by atoms with Gasteiger partial charge < -0.3 is 20.3 Å². The number of nitriles is 1. The maximum atomic E-state index is 12.8. The van der Waals surface area contributed by atoms with E-state index < -0.39 is 26.8 Å². The fraction of sp³-hybridized carbons (Fsp3) is 0.745. The van der Waals surface area contributed by atoms with E-state index in [1.165, 1.54) is 55.9 Å². The molecule has 9 nitrogen and oxygen atoms in total. The summed E-state index contributed by atoms with van der Waals surface area (Å²) in [6.45, 7) is 18.1. The molecule has 10 heteroatoms. The normalized spacial score (nSPS) is 42.9. The number of nitrogens with zero attached hydrogens (tertiary/aromatic N) is 2. The molecule has 5 fully saturated rings. The predicted molar refractivity (Wildman–Crippen MR) is 239 cm³/mol. The van der Waals surface area contributed by atoms with Crippen LogP contribution in [0.4, 0.5) is 0 Å². The minimum Gasteiger partial charge on any atom is -0.481 e. The summed E-state index contributed by atoms with van der Waals surface area (Å²) in [6, 6.07) is 5.42. The van der Waals surface area contributed by atoms with Gasteiger partial charge in [-0.25, -0.2) is 13.4 Å². The van der Waals surface area contributed by atoms with Crippen LogP contribution in [-0.4, -0.2) is 65.4 Å². The van der Waals surface area contributed by atoms with Crippen molar-refractivity contribution in [2.45, 2.75) is 160 Å². The van der Waals surface area contributed by atoms with E-state index in [9.17, 15) is 28.7 Å². The number of carbonyl (C=O) groups is 1. The fourth-order valence-electron chi connectivity index (χ4n) is 16.0. The number of rotatable bonds is 11. The standard InChI is InChI=1S/C51H73N3O6S/c1-8-34-15-26-51(54-31-29-50(57)24-16-37(17-25-50)61(7,58)59)28-27-47(5)39(42(34)51)11-12-41-46(4)20-18-38(45(2,3)40(46)19-21-48(41,47)6)35-13-22-49(23-14-35,44(55)56)33-60-43-36(32-52)10-9-30-53-43/h8-10,13,18,30,34,37,39-42,54,57H,1,11-12,14-17,19-29,31,33H2,2-7H3,(H,55,56)/t34-,37?,39-,40+,41-,42-,46+,47-,48-,49-,50?,51+/m1/s1. The Balaban J connectivity index is 0.987. The summed E-state index contributed by atoms with van der Waals surface area (Å²) >= 11 is 0. The Morgan fingerprint density at radius 1 is 0.967 bits per heavy atom. The fourth-order valence-corrected chi connectivity index (χ4v) is 17.1. The SMILES string of the molecule is C=C[C@@H]1CC[C@]2(NCCC3(O)CCC(S(C)(=O)=O)CC3)CC[C@]3(C)[C@H](CC[C@@H]4[C@@]5(C)CC=C(C6=CC[C@@](COc7ncccc7C#N)(C(=O)O)CC6)C(C)(C)[C@@H]5CC[C@]43C)[C@@H]12. The summed E-state index contributed by atoms with van der Waals surface area (Å²) in [4.78, 5) is 17.0. The Hall–Kier alpha value is -3.00. The second-order valence-electron chi connectivity index (χ2n) is 22.5. The number of hydrogen-bond acceptors (Lipinski definition) is 8. The van der Waals surface area contributed by atoms with Gasteiger partial charge >= 0.3 is 5.97 Å². The molecular formula is C51H73N3O6S. The number of fused-ring (bicyclic) bond motifs is 7. The number of carboxylic acid groups (broad SMARTS) is 1. The molecule has 0 saturated heterocycles. The molecule has 1 heterocycles. The van der Waals surface area contributed by atoms with E-state index in [0.717, 1.165) is 25.8 Å². The molecule has 0 spiro atoms. The van der Waals surface area contributed by atoms with E-state index >= 15 is 0 Å². The van der Waals surface area contributed by atoms with Crippen molar-refractivity contribution in [3.05, 3.63) is 59.8 Å². The highest BCUT2D eigenvalue weighted by Gasteiger charge is 2.70. The van der Waals surface area contributed by atoms with Crippen LogP contribution >= 0.6 is 0 Å². The van der Waals surface area contributed by atoms with Crippen LogP contribution in [0.5, 0.6) is 5.88 Å². The molecule has 0 radical (unpaired) electrons. The largest absolute Gasteiger partial charge is 0.481 e. The number of aliphatic carboxylic acids is 1. The molecule has 5 saturated carbocycles. The molecule has 0 aliphatic heterocycles. The maximum absolute atomic E-state index is 12.8. The predicted octanol–water partition coefficient (Wildman–Crippen LogP) is 9.77. The Morgan fingerprint density at radius 2 is 1.72 bits per heavy atom. The summed E-state index contributed by atoms with van der Waals surface area (Å²) in [6.07, 6.45) is 25.0. The van der Waals surface area contributed by atoms with Gasteiger partial charge in [-0.3, -0.25) is 4.79 Å². The summed E-state index contributed by atoms with van der Waals surface area (Å²) in [5, 5.41) is 35.4. The van der Waals surface area contributed by atoms with E-state index in [1.54, 1.807) is 18.3 Å². The van der Waals surface area contributed by atoms with Gasteiger partial charge in [-0.05, 0) is 190 Å². The molecule has 0 aromatic carbocycles. The Kier molecular flexibility index (Phi) is 11.4. The first-order valence-electron chi connectivity index (χ1n) is 23.6. The molecule has 0 amide bonds. The van der Waals surface area contributed by atoms with Crippen LogP contribution in [0.15, 0.2) is 54.3 Å². The molecule has 1 aromatic heterocycles. The molecule has 7 aliphatic rings. The van der Waals surface area contributed by atoms with Crippen LogP contribution in [0.2, 0.25) is 0 Å². The van der Waals surface area contributed by atoms with Crippen LogP contribution in [0, 0.1) is 68.0 Å². The quantitative estimate of drug-likeness (QED) is 0.185. The summed E-state index contributed by atoms with van der Waals surface area (Å²) in [5.74, 6) is 2.07. The van der Waals surface area contributed by atoms with E-state index in [-0.39, 0.29) is 44.9 Å². The molecule has 0 bridgehead atoms. The lowest BCUT2D eigenvalue weighted by molar-refractivity contribution is -0.220. The molecule has 0 unspecified atom stereocenters. The number of carboxylic acids is 1. The highest BCUT2D eigenvalue weighted by Crippen LogP contribution is 2.76. The number of pyridine rings is 1. The van der Waals surface area contributed by atoms with Crippen LogP contribution in [0.25, 0.3) is 0 Å². The van der Waals surface area contributed by atoms with Crippen molar-refractivity contribution in [1.29, 1.82) is 5.26 Å². The molecule has 1 aromatic rings. The average Bonchev–Trinajstić information content (AvgIpc) is 3.59. The topological polar surface area (TPSA) is 150 Å². The molecule has 10 atom stereocenters. The monoisotopic (exact) mass is 856 g/mol. The van der Waals surface area contributed by atoms with Crippen LogP contribution < -0.4 is 10.1 Å². The maximum Gasteiger partial charge on any atom is 0.313 e. The van der Waals surface area contributed by atoms with Gasteiger partial charge in [0.15, 0.2) is 0 Å². The van der Waals surface area contributed by atoms with Crippen molar-refractivity contribution >= 4 is 15.8 Å². The summed E-state index contributed by atoms with van der Waals surface area (Å²) in [5.41, 5.74) is 1.73. The summed E-state index contributed by atoms with van der Waals surface area (Å²) in [7, 11) is -3.08. The van der Waals surface area contributed by atoms with Crippen LogP contribution in [-0.2, 0) is 14.6 Å². The minimum atomic E-state index is -3.08. The first-order chi connectivity index (χ1) is 28.7. The van der Waals surface area contributed by atoms with Crippen molar-refractivity contribution < 1.29 is 28.2 Å². The van der Waals surface area contributed by atoms with Crippen LogP contribution in [0.1, 0.15) is 149 Å². The lowest BCUT2D eigenvalue weighted by Gasteiger charge is -2.72. The number of aliphatic hydroxyl groups is 1. The average molecular weight is 856 g/mol. The first kappa shape index (κ1) is 44.6. The molecule has 61 heavy (non-hydrogen) atoms. The zero-order chi connectivity index (χ0) is 43.9. The van der Waals surface area contributed by atoms with Crippen molar-refractivity contribution in [2.75, 3.05) is 19.4 Å². The highest BCUT2D eigenvalue weighted by molar-refractivity contribution is 7.91. The van der Waals surface area contributed by atoms with Crippen molar-refractivity contribution in [1.82, 2.24) is 10.3 Å². The van der Waals surface area contributed by atoms with Crippen molar-refractivity contribution in [2.24, 2.45) is 56.7 Å². The first-order valence-corrected chi connectivity index (χ1v) is 25.6. The second-order valence-corrected chi connectivity index (χ2v) is 24.9. The molecule has 7 aliphatic carbocycles. The van der Waals surface area contributed by atoms with Gasteiger partial charge in [-0.15, -0.1) is 6.58 Å². The van der Waals surface area contributed by atoms with Gasteiger partial charge in [-0.1, -0.05) is 52.8 Å². The van der Waals surface area contributed by atoms with E-state index in [0.29, 0.717) is 86.5 Å². The zero-order valence-electron chi connectivity index (χ0n) is 37.9. The van der Waals surface area contributed by atoms with Gasteiger partial charge in [0.25, 0.3) is 0 Å². The lowest BCUT2D eigenvalue weighted by atomic mass is 9.33. The molecular weight excluding hydrogens is 783 g/mol. The Morgan fingerprint density at radius 3 is 2.38 bits per heavy atom. The third-order valence-electron chi connectivity index (χ3n) is 19.7. The third kappa shape index (κ3) is 7.18. The number of nitrogens with one attached hydrogen (secondary N) is 1. The van der Waals surface area contributed by atoms with Gasteiger partial charge in [0.05, 0.1) is 10.9 Å². The van der Waals surface area contributed by atoms with E-state index in [4.69, 9.17) is 4.74 Å². The minimum absolute atomic E-state index is 0.0226. The van der Waals surface area contributed by atoms with E-state index in [1.807, 2.05) is 0 Å². The van der Waals surface area contributed by atoms with Crippen molar-refractivity contribution in [3.63, 3.8) is 0 Å². The third-order valence-corrected chi connectivity index (χ3v) is 21.4. The number of ether oxygens (including phenoxy) is 1. The second kappa shape index (κ2) is 15.6. The summed E-state index contributed by atoms with van der Waals surface area (Å²) < 4.78 is 30.4. The van der Waals surface area contributed by atoms with Gasteiger partial charge in [0.1, 0.15) is 33.5 Å². The zero-order valence-corrected chi connectivity index (χ0v) is 38.7. The Labute approximate surface area is 366 Å². The number of sulfone groups is 1. The van der Waals surface area contributed by atoms with Gasteiger partial charge in [0, 0.05) is 18.0 Å². The lowest BCUT2D eigenvalue weighted by Crippen LogP contribution is -2.68. The molecule has 3 N–H and O–H groups in total. The van der Waals surface area contributed by atoms with Crippen LogP contribution in [0.3, 0.4) is 0 Å². The molecule has 8 rings (SSSR count). The van der Waals surface area contributed by atoms with E-state index in [2.05, 4.69) is 75.8 Å². The van der Waals surface area contributed by atoms with Gasteiger partial charge in [-0.2, -0.15) is 5.26 Å².